The lowest BCUT2D eigenvalue weighted by Crippen LogP contribution is -2.40. The quantitative estimate of drug-likeness (QED) is 0.732. The largest absolute Gasteiger partial charge is 0.481 e. The van der Waals surface area contributed by atoms with E-state index in [1.165, 1.54) is 0 Å². The van der Waals surface area contributed by atoms with Crippen molar-refractivity contribution in [3.8, 4) is 0 Å². The van der Waals surface area contributed by atoms with Crippen molar-refractivity contribution < 1.29 is 19.5 Å². The van der Waals surface area contributed by atoms with E-state index < -0.39 is 23.2 Å². The zero-order valence-corrected chi connectivity index (χ0v) is 11.9. The van der Waals surface area contributed by atoms with Crippen molar-refractivity contribution in [3.63, 3.8) is 0 Å². The second-order valence-corrected chi connectivity index (χ2v) is 5.43. The highest BCUT2D eigenvalue weighted by Gasteiger charge is 2.50. The van der Waals surface area contributed by atoms with E-state index >= 15 is 0 Å². The Bertz CT molecular complexity index is 584. The SMILES string of the molecule is O=C(CNC(=O)c1ccccc1Cl)NCC1(C(=O)O)CC1. The molecule has 1 fully saturated rings. The molecule has 0 atom stereocenters. The molecule has 1 aromatic rings. The van der Waals surface area contributed by atoms with Crippen molar-refractivity contribution in [2.45, 2.75) is 12.8 Å². The molecule has 0 saturated heterocycles. The number of carbonyl (C=O) groups is 3. The van der Waals surface area contributed by atoms with E-state index in [4.69, 9.17) is 16.7 Å². The second kappa shape index (κ2) is 6.13. The Morgan fingerprint density at radius 2 is 1.86 bits per heavy atom. The predicted molar refractivity (Wildman–Crippen MR) is 76.1 cm³/mol. The molecule has 0 radical (unpaired) electrons. The number of nitrogens with one attached hydrogen (secondary N) is 2. The smallest absolute Gasteiger partial charge is 0.311 e. The van der Waals surface area contributed by atoms with Crippen LogP contribution in [0.3, 0.4) is 0 Å². The Labute approximate surface area is 126 Å². The van der Waals surface area contributed by atoms with E-state index in [1.54, 1.807) is 24.3 Å². The van der Waals surface area contributed by atoms with Crippen LogP contribution < -0.4 is 10.6 Å². The topological polar surface area (TPSA) is 95.5 Å². The zero-order valence-electron chi connectivity index (χ0n) is 11.2. The average molecular weight is 311 g/mol. The summed E-state index contributed by atoms with van der Waals surface area (Å²) in [5, 5.41) is 14.2. The minimum atomic E-state index is -0.900. The highest BCUT2D eigenvalue weighted by Crippen LogP contribution is 2.45. The van der Waals surface area contributed by atoms with Gasteiger partial charge in [-0.1, -0.05) is 23.7 Å². The molecule has 0 aliphatic heterocycles. The minimum absolute atomic E-state index is 0.0864. The standard InChI is InChI=1S/C14H15ClN2O4/c15-10-4-2-1-3-9(10)12(19)16-7-11(18)17-8-14(5-6-14)13(20)21/h1-4H,5-8H2,(H,16,19)(H,17,18)(H,20,21). The van der Waals surface area contributed by atoms with Crippen molar-refractivity contribution >= 4 is 29.4 Å². The number of benzene rings is 1. The molecule has 2 rings (SSSR count). The van der Waals surface area contributed by atoms with E-state index in [0.29, 0.717) is 17.9 Å². The van der Waals surface area contributed by atoms with Crippen LogP contribution in [0.15, 0.2) is 24.3 Å². The maximum Gasteiger partial charge on any atom is 0.311 e. The van der Waals surface area contributed by atoms with Gasteiger partial charge in [0.2, 0.25) is 5.91 Å². The monoisotopic (exact) mass is 310 g/mol. The van der Waals surface area contributed by atoms with Crippen LogP contribution in [-0.2, 0) is 9.59 Å². The molecule has 0 aromatic heterocycles. The number of carboxylic acid groups (broad SMARTS) is 1. The first-order valence-corrected chi connectivity index (χ1v) is 6.85. The van der Waals surface area contributed by atoms with Gasteiger partial charge in [-0.15, -0.1) is 0 Å². The third kappa shape index (κ3) is 3.72. The van der Waals surface area contributed by atoms with Crippen LogP contribution in [-0.4, -0.2) is 36.0 Å². The summed E-state index contributed by atoms with van der Waals surface area (Å²) in [4.78, 5) is 34.4. The van der Waals surface area contributed by atoms with Gasteiger partial charge in [0.15, 0.2) is 0 Å². The van der Waals surface area contributed by atoms with Crippen molar-refractivity contribution in [2.24, 2.45) is 5.41 Å². The maximum atomic E-state index is 11.8. The number of carboxylic acids is 1. The fraction of sp³-hybridized carbons (Fsp3) is 0.357. The number of hydrogen-bond donors (Lipinski definition) is 3. The molecule has 0 heterocycles. The van der Waals surface area contributed by atoms with E-state index in [0.717, 1.165) is 0 Å². The molecule has 2 amide bonds. The first kappa shape index (κ1) is 15.3. The van der Waals surface area contributed by atoms with Gasteiger partial charge in [-0.05, 0) is 25.0 Å². The molecule has 112 valence electrons. The van der Waals surface area contributed by atoms with Gasteiger partial charge in [-0.2, -0.15) is 0 Å². The summed E-state index contributed by atoms with van der Waals surface area (Å²) in [6.45, 7) is -0.136. The highest BCUT2D eigenvalue weighted by molar-refractivity contribution is 6.33. The summed E-state index contributed by atoms with van der Waals surface area (Å²) in [5.41, 5.74) is -0.529. The Kier molecular flexibility index (Phi) is 4.47. The predicted octanol–water partition coefficient (Wildman–Crippen LogP) is 1.05. The average Bonchev–Trinajstić information content (AvgIpc) is 3.24. The Morgan fingerprint density at radius 1 is 1.19 bits per heavy atom. The molecular weight excluding hydrogens is 296 g/mol. The fourth-order valence-electron chi connectivity index (χ4n) is 1.85. The normalized spacial score (nSPS) is 15.1. The summed E-state index contributed by atoms with van der Waals surface area (Å²) in [5.74, 6) is -1.78. The maximum absolute atomic E-state index is 11.8. The van der Waals surface area contributed by atoms with E-state index in [1.807, 2.05) is 0 Å². The first-order chi connectivity index (χ1) is 9.94. The zero-order chi connectivity index (χ0) is 15.5. The lowest BCUT2D eigenvalue weighted by atomic mass is 10.1. The molecule has 1 aromatic carbocycles. The van der Waals surface area contributed by atoms with Crippen LogP contribution in [0.1, 0.15) is 23.2 Å². The molecule has 21 heavy (non-hydrogen) atoms. The number of halogens is 1. The summed E-state index contributed by atoms with van der Waals surface area (Å²) >= 11 is 5.87. The third-order valence-corrected chi connectivity index (χ3v) is 3.79. The molecule has 1 aliphatic carbocycles. The molecule has 1 saturated carbocycles. The minimum Gasteiger partial charge on any atom is -0.481 e. The summed E-state index contributed by atoms with van der Waals surface area (Å²) in [6, 6.07) is 6.51. The van der Waals surface area contributed by atoms with Crippen LogP contribution in [0.2, 0.25) is 5.02 Å². The van der Waals surface area contributed by atoms with Gasteiger partial charge in [0.1, 0.15) is 0 Å². The van der Waals surface area contributed by atoms with Gasteiger partial charge in [-0.3, -0.25) is 14.4 Å². The van der Waals surface area contributed by atoms with E-state index in [2.05, 4.69) is 10.6 Å². The summed E-state index contributed by atoms with van der Waals surface area (Å²) in [6.07, 6.45) is 1.13. The van der Waals surface area contributed by atoms with Crippen molar-refractivity contribution in [1.82, 2.24) is 10.6 Å². The number of carbonyl (C=O) groups excluding carboxylic acids is 2. The highest BCUT2D eigenvalue weighted by atomic mass is 35.5. The molecule has 0 unspecified atom stereocenters. The molecule has 1 aliphatic rings. The molecule has 3 N–H and O–H groups in total. The fourth-order valence-corrected chi connectivity index (χ4v) is 2.07. The molecule has 6 nitrogen and oxygen atoms in total. The Morgan fingerprint density at radius 3 is 2.43 bits per heavy atom. The lowest BCUT2D eigenvalue weighted by molar-refractivity contribution is -0.143. The molecule has 0 bridgehead atoms. The number of rotatable bonds is 6. The van der Waals surface area contributed by atoms with Crippen LogP contribution in [0.5, 0.6) is 0 Å². The summed E-state index contributed by atoms with van der Waals surface area (Å²) in [7, 11) is 0. The Balaban J connectivity index is 1.78. The number of hydrogen-bond acceptors (Lipinski definition) is 3. The van der Waals surface area contributed by atoms with Crippen molar-refractivity contribution in [1.29, 1.82) is 0 Å². The van der Waals surface area contributed by atoms with Gasteiger partial charge >= 0.3 is 5.97 Å². The number of amides is 2. The van der Waals surface area contributed by atoms with E-state index in [-0.39, 0.29) is 18.7 Å². The van der Waals surface area contributed by atoms with Crippen LogP contribution in [0.4, 0.5) is 0 Å². The van der Waals surface area contributed by atoms with Crippen LogP contribution in [0.25, 0.3) is 0 Å². The van der Waals surface area contributed by atoms with Crippen molar-refractivity contribution in [3.05, 3.63) is 34.9 Å². The van der Waals surface area contributed by atoms with Gasteiger partial charge < -0.3 is 15.7 Å². The first-order valence-electron chi connectivity index (χ1n) is 6.47. The molecular formula is C14H15ClN2O4. The summed E-state index contributed by atoms with van der Waals surface area (Å²) < 4.78 is 0. The van der Waals surface area contributed by atoms with E-state index in [9.17, 15) is 14.4 Å². The Hall–Kier alpha value is -2.08. The van der Waals surface area contributed by atoms with Gasteiger partial charge in [0.05, 0.1) is 22.5 Å². The van der Waals surface area contributed by atoms with Crippen molar-refractivity contribution in [2.75, 3.05) is 13.1 Å². The van der Waals surface area contributed by atoms with Crippen LogP contribution >= 0.6 is 11.6 Å². The number of aliphatic carboxylic acids is 1. The van der Waals surface area contributed by atoms with Gasteiger partial charge in [0.25, 0.3) is 5.91 Å². The second-order valence-electron chi connectivity index (χ2n) is 5.02. The molecule has 0 spiro atoms. The van der Waals surface area contributed by atoms with Gasteiger partial charge in [0, 0.05) is 6.54 Å². The van der Waals surface area contributed by atoms with Gasteiger partial charge in [-0.25, -0.2) is 0 Å². The third-order valence-electron chi connectivity index (χ3n) is 3.46. The van der Waals surface area contributed by atoms with Crippen LogP contribution in [0, 0.1) is 5.41 Å². The lowest BCUT2D eigenvalue weighted by Gasteiger charge is -2.11. The molecule has 7 heteroatoms.